The zero-order valence-corrected chi connectivity index (χ0v) is 19.0. The maximum absolute atomic E-state index is 12.9. The lowest BCUT2D eigenvalue weighted by Gasteiger charge is -2.33. The van der Waals surface area contributed by atoms with Crippen molar-refractivity contribution in [2.24, 2.45) is 5.92 Å². The van der Waals surface area contributed by atoms with E-state index in [4.69, 9.17) is 9.15 Å². The first kappa shape index (κ1) is 20.7. The first-order chi connectivity index (χ1) is 14.5. The lowest BCUT2D eigenvalue weighted by atomic mass is 9.96. The Balaban J connectivity index is 1.48. The number of benzene rings is 1. The molecule has 3 heterocycles. The number of carbonyl (C=O) groups excluding carboxylic acids is 1. The number of carbonyl (C=O) groups is 1. The molecule has 1 aromatic carbocycles. The van der Waals surface area contributed by atoms with Crippen LogP contribution in [-0.4, -0.2) is 36.1 Å². The van der Waals surface area contributed by atoms with Crippen molar-refractivity contribution in [1.82, 2.24) is 15.3 Å². The highest BCUT2D eigenvalue weighted by Gasteiger charge is 2.28. The normalized spacial score (nSPS) is 16.7. The number of methoxy groups -OCH3 is 1. The van der Waals surface area contributed by atoms with Crippen LogP contribution < -0.4 is 15.0 Å². The first-order valence-corrected chi connectivity index (χ1v) is 10.8. The van der Waals surface area contributed by atoms with Crippen molar-refractivity contribution in [1.29, 1.82) is 0 Å². The van der Waals surface area contributed by atoms with Gasteiger partial charge in [-0.1, -0.05) is 15.9 Å². The third kappa shape index (κ3) is 4.01. The number of nitrogens with one attached hydrogen (secondary N) is 1. The van der Waals surface area contributed by atoms with Gasteiger partial charge in [0.05, 0.1) is 18.4 Å². The molecule has 0 bridgehead atoms. The average Bonchev–Trinajstić information content (AvgIpc) is 3.06. The molecule has 0 aliphatic carbocycles. The molecule has 0 saturated carbocycles. The molecule has 1 atom stereocenters. The van der Waals surface area contributed by atoms with Gasteiger partial charge in [-0.05, 0) is 44.9 Å². The lowest BCUT2D eigenvalue weighted by Crippen LogP contribution is -2.43. The van der Waals surface area contributed by atoms with Gasteiger partial charge in [-0.2, -0.15) is 0 Å². The number of aryl methyl sites for hydroxylation is 2. The molecule has 8 heteroatoms. The molecule has 158 valence electrons. The van der Waals surface area contributed by atoms with Gasteiger partial charge in [-0.15, -0.1) is 0 Å². The quantitative estimate of drug-likeness (QED) is 0.600. The van der Waals surface area contributed by atoms with Crippen LogP contribution in [0.25, 0.3) is 11.1 Å². The van der Waals surface area contributed by atoms with Gasteiger partial charge in [0, 0.05) is 35.2 Å². The van der Waals surface area contributed by atoms with Crippen LogP contribution in [0.15, 0.2) is 33.4 Å². The van der Waals surface area contributed by atoms with Crippen molar-refractivity contribution in [3.05, 3.63) is 45.9 Å². The Morgan fingerprint density at radius 2 is 2.20 bits per heavy atom. The highest BCUT2D eigenvalue weighted by atomic mass is 79.9. The minimum Gasteiger partial charge on any atom is -0.496 e. The summed E-state index contributed by atoms with van der Waals surface area (Å²) in [4.78, 5) is 23.9. The number of furan rings is 1. The van der Waals surface area contributed by atoms with E-state index in [1.165, 1.54) is 6.33 Å². The summed E-state index contributed by atoms with van der Waals surface area (Å²) in [5, 5.41) is 4.02. The van der Waals surface area contributed by atoms with E-state index >= 15 is 0 Å². The molecule has 1 amide bonds. The van der Waals surface area contributed by atoms with Crippen LogP contribution in [0.5, 0.6) is 5.75 Å². The minimum atomic E-state index is -0.102. The topological polar surface area (TPSA) is 80.5 Å². The molecule has 3 aromatic rings. The molecule has 2 aromatic heterocycles. The number of hydrogen-bond acceptors (Lipinski definition) is 6. The summed E-state index contributed by atoms with van der Waals surface area (Å²) in [6, 6.07) is 5.78. The van der Waals surface area contributed by atoms with Crippen molar-refractivity contribution < 1.29 is 13.9 Å². The second-order valence-electron chi connectivity index (χ2n) is 7.62. The van der Waals surface area contributed by atoms with Gasteiger partial charge in [0.2, 0.25) is 11.6 Å². The van der Waals surface area contributed by atoms with E-state index in [0.29, 0.717) is 18.8 Å². The molecular weight excluding hydrogens is 448 g/mol. The summed E-state index contributed by atoms with van der Waals surface area (Å²) >= 11 is 3.48. The van der Waals surface area contributed by atoms with Crippen LogP contribution >= 0.6 is 15.9 Å². The average molecular weight is 473 g/mol. The number of anilines is 1. The predicted molar refractivity (Wildman–Crippen MR) is 119 cm³/mol. The van der Waals surface area contributed by atoms with Crippen LogP contribution in [-0.2, 0) is 11.3 Å². The van der Waals surface area contributed by atoms with Gasteiger partial charge in [0.25, 0.3) is 0 Å². The van der Waals surface area contributed by atoms with Crippen molar-refractivity contribution in [3.63, 3.8) is 0 Å². The molecule has 1 fully saturated rings. The molecule has 4 rings (SSSR count). The Morgan fingerprint density at radius 3 is 3.00 bits per heavy atom. The number of aromatic nitrogens is 2. The maximum Gasteiger partial charge on any atom is 0.231 e. The van der Waals surface area contributed by atoms with Gasteiger partial charge in [0.1, 0.15) is 23.7 Å². The van der Waals surface area contributed by atoms with Crippen molar-refractivity contribution >= 4 is 38.8 Å². The molecule has 0 radical (unpaired) electrons. The number of fused-ring (bicyclic) bond motifs is 1. The van der Waals surface area contributed by atoms with Crippen molar-refractivity contribution in [2.75, 3.05) is 25.1 Å². The largest absolute Gasteiger partial charge is 0.496 e. The van der Waals surface area contributed by atoms with E-state index in [2.05, 4.69) is 36.1 Å². The minimum absolute atomic E-state index is 0.0483. The predicted octanol–water partition coefficient (Wildman–Crippen LogP) is 4.14. The monoisotopic (exact) mass is 472 g/mol. The van der Waals surface area contributed by atoms with E-state index in [1.807, 2.05) is 32.0 Å². The molecule has 0 spiro atoms. The molecule has 1 N–H and O–H groups in total. The van der Waals surface area contributed by atoms with E-state index in [1.54, 1.807) is 7.11 Å². The fourth-order valence-corrected chi connectivity index (χ4v) is 4.41. The summed E-state index contributed by atoms with van der Waals surface area (Å²) in [5.41, 5.74) is 2.59. The van der Waals surface area contributed by atoms with Gasteiger partial charge in [0.15, 0.2) is 0 Å². The molecule has 30 heavy (non-hydrogen) atoms. The Kier molecular flexibility index (Phi) is 5.94. The molecule has 1 unspecified atom stereocenters. The number of piperidine rings is 1. The zero-order valence-electron chi connectivity index (χ0n) is 17.4. The standard InChI is InChI=1S/C22H25BrN4O3/c1-13-14(2)30-22-19(13)20(25-12-26-22)27-8-4-5-15(11-27)21(28)24-10-16-9-17(23)6-7-18(16)29-3/h6-7,9,12,15H,4-5,8,10-11H2,1-3H3,(H,24,28). The number of hydrogen-bond donors (Lipinski definition) is 1. The van der Waals surface area contributed by atoms with Gasteiger partial charge >= 0.3 is 0 Å². The summed E-state index contributed by atoms with van der Waals surface area (Å²) < 4.78 is 12.1. The van der Waals surface area contributed by atoms with E-state index in [0.717, 1.165) is 57.7 Å². The van der Waals surface area contributed by atoms with Crippen molar-refractivity contribution in [3.8, 4) is 5.75 Å². The highest BCUT2D eigenvalue weighted by molar-refractivity contribution is 9.10. The van der Waals surface area contributed by atoms with Crippen molar-refractivity contribution in [2.45, 2.75) is 33.2 Å². The fourth-order valence-electron chi connectivity index (χ4n) is 4.00. The number of amides is 1. The molecule has 1 aliphatic rings. The molecule has 7 nitrogen and oxygen atoms in total. The molecule has 1 aliphatic heterocycles. The third-order valence-electron chi connectivity index (χ3n) is 5.73. The Bertz CT molecular complexity index is 1080. The van der Waals surface area contributed by atoms with Crippen LogP contribution in [0.4, 0.5) is 5.82 Å². The van der Waals surface area contributed by atoms with Gasteiger partial charge in [-0.3, -0.25) is 4.79 Å². The Hall–Kier alpha value is -2.61. The van der Waals surface area contributed by atoms with Crippen LogP contribution in [0, 0.1) is 19.8 Å². The first-order valence-electron chi connectivity index (χ1n) is 10.0. The second-order valence-corrected chi connectivity index (χ2v) is 8.54. The van der Waals surface area contributed by atoms with Crippen LogP contribution in [0.1, 0.15) is 29.7 Å². The van der Waals surface area contributed by atoms with Gasteiger partial charge < -0.3 is 19.4 Å². The number of nitrogens with zero attached hydrogens (tertiary/aromatic N) is 3. The van der Waals surface area contributed by atoms with E-state index < -0.39 is 0 Å². The summed E-state index contributed by atoms with van der Waals surface area (Å²) in [7, 11) is 1.63. The molecule has 1 saturated heterocycles. The molecular formula is C22H25BrN4O3. The smallest absolute Gasteiger partial charge is 0.231 e. The second kappa shape index (κ2) is 8.63. The van der Waals surface area contributed by atoms with E-state index in [-0.39, 0.29) is 11.8 Å². The zero-order chi connectivity index (χ0) is 21.3. The van der Waals surface area contributed by atoms with Crippen LogP contribution in [0.2, 0.25) is 0 Å². The summed E-state index contributed by atoms with van der Waals surface area (Å²) in [5.74, 6) is 2.40. The Labute approximate surface area is 183 Å². The van der Waals surface area contributed by atoms with Crippen LogP contribution in [0.3, 0.4) is 0 Å². The Morgan fingerprint density at radius 1 is 1.37 bits per heavy atom. The third-order valence-corrected chi connectivity index (χ3v) is 6.23. The van der Waals surface area contributed by atoms with Gasteiger partial charge in [-0.25, -0.2) is 9.97 Å². The van der Waals surface area contributed by atoms with E-state index in [9.17, 15) is 4.79 Å². The summed E-state index contributed by atoms with van der Waals surface area (Å²) in [6.07, 6.45) is 3.32. The number of halogens is 1. The lowest BCUT2D eigenvalue weighted by molar-refractivity contribution is -0.125. The fraction of sp³-hybridized carbons (Fsp3) is 0.409. The maximum atomic E-state index is 12.9. The SMILES string of the molecule is COc1ccc(Br)cc1CNC(=O)C1CCCN(c2ncnc3oc(C)c(C)c23)C1. The number of ether oxygens (including phenoxy) is 1. The number of rotatable bonds is 5. The summed E-state index contributed by atoms with van der Waals surface area (Å²) in [6.45, 7) is 5.86. The highest BCUT2D eigenvalue weighted by Crippen LogP contribution is 2.32.